The number of nitrogens with one attached hydrogen (secondary N) is 2. The second-order valence-electron chi connectivity index (χ2n) is 6.23. The van der Waals surface area contributed by atoms with E-state index in [0.29, 0.717) is 24.0 Å². The number of hydrogen-bond acceptors (Lipinski definition) is 6. The first-order chi connectivity index (χ1) is 14.0. The maximum Gasteiger partial charge on any atom is 0.240 e. The van der Waals surface area contributed by atoms with Crippen molar-refractivity contribution in [3.05, 3.63) is 41.4 Å². The Morgan fingerprint density at radius 3 is 2.52 bits per heavy atom. The molecule has 0 aliphatic rings. The molecule has 8 nitrogen and oxygen atoms in total. The second kappa shape index (κ2) is 11.9. The number of aryl methyl sites for hydroxylation is 1. The van der Waals surface area contributed by atoms with Crippen molar-refractivity contribution >= 4 is 39.9 Å². The van der Waals surface area contributed by atoms with Gasteiger partial charge in [-0.25, -0.2) is 4.98 Å². The number of ether oxygens (including phenoxy) is 1. The van der Waals surface area contributed by atoms with Crippen molar-refractivity contribution in [2.75, 3.05) is 37.0 Å². The number of thiazole rings is 1. The minimum Gasteiger partial charge on any atom is -0.383 e. The summed E-state index contributed by atoms with van der Waals surface area (Å²) in [5.41, 5.74) is 1.75. The highest BCUT2D eigenvalue weighted by Crippen LogP contribution is 2.18. The van der Waals surface area contributed by atoms with E-state index in [9.17, 15) is 14.4 Å². The fraction of sp³-hybridized carbons (Fsp3) is 0.400. The Hall–Kier alpha value is -2.78. The largest absolute Gasteiger partial charge is 0.383 e. The van der Waals surface area contributed by atoms with Gasteiger partial charge in [0, 0.05) is 43.8 Å². The molecule has 0 aliphatic heterocycles. The Kier molecular flexibility index (Phi) is 9.26. The molecular weight excluding hydrogens is 392 g/mol. The number of nitrogens with zero attached hydrogens (tertiary/aromatic N) is 2. The van der Waals surface area contributed by atoms with Crippen LogP contribution >= 0.6 is 11.3 Å². The SMILES string of the molecule is CCc1ccc(N(CC(=O)NCCOC)C(=O)CCC(=O)Nc2nccs2)cc1. The minimum atomic E-state index is -0.301. The summed E-state index contributed by atoms with van der Waals surface area (Å²) in [4.78, 5) is 42.5. The van der Waals surface area contributed by atoms with Crippen LogP contribution in [-0.2, 0) is 25.5 Å². The molecule has 0 aliphatic carbocycles. The number of amides is 3. The van der Waals surface area contributed by atoms with Gasteiger partial charge in [0.25, 0.3) is 0 Å². The van der Waals surface area contributed by atoms with Crippen molar-refractivity contribution in [2.45, 2.75) is 26.2 Å². The maximum absolute atomic E-state index is 12.8. The normalized spacial score (nSPS) is 10.4. The highest BCUT2D eigenvalue weighted by molar-refractivity contribution is 7.13. The summed E-state index contributed by atoms with van der Waals surface area (Å²) >= 11 is 1.31. The fourth-order valence-electron chi connectivity index (χ4n) is 2.55. The molecular formula is C20H26N4O4S. The first-order valence-corrected chi connectivity index (χ1v) is 10.3. The Labute approximate surface area is 174 Å². The smallest absolute Gasteiger partial charge is 0.240 e. The van der Waals surface area contributed by atoms with Crippen LogP contribution in [0.2, 0.25) is 0 Å². The molecule has 1 heterocycles. The third-order valence-electron chi connectivity index (χ3n) is 4.13. The maximum atomic E-state index is 12.8. The molecule has 2 N–H and O–H groups in total. The molecule has 0 fully saturated rings. The Morgan fingerprint density at radius 1 is 1.14 bits per heavy atom. The first-order valence-electron chi connectivity index (χ1n) is 9.37. The van der Waals surface area contributed by atoms with Gasteiger partial charge in [-0.05, 0) is 24.1 Å². The Balaban J connectivity index is 2.00. The number of anilines is 2. The average molecular weight is 419 g/mol. The molecule has 29 heavy (non-hydrogen) atoms. The highest BCUT2D eigenvalue weighted by Gasteiger charge is 2.20. The van der Waals surface area contributed by atoms with Gasteiger partial charge in [0.15, 0.2) is 5.13 Å². The summed E-state index contributed by atoms with van der Waals surface area (Å²) in [6, 6.07) is 7.48. The lowest BCUT2D eigenvalue weighted by atomic mass is 10.1. The molecule has 0 unspecified atom stereocenters. The number of carbonyl (C=O) groups is 3. The van der Waals surface area contributed by atoms with Crippen LogP contribution in [0.15, 0.2) is 35.8 Å². The fourth-order valence-corrected chi connectivity index (χ4v) is 3.09. The molecule has 156 valence electrons. The minimum absolute atomic E-state index is 0.00719. The quantitative estimate of drug-likeness (QED) is 0.545. The zero-order valence-corrected chi connectivity index (χ0v) is 17.5. The van der Waals surface area contributed by atoms with E-state index in [-0.39, 0.29) is 37.1 Å². The molecule has 3 amide bonds. The predicted octanol–water partition coefficient (Wildman–Crippen LogP) is 2.22. The van der Waals surface area contributed by atoms with E-state index < -0.39 is 0 Å². The van der Waals surface area contributed by atoms with E-state index in [1.807, 2.05) is 31.2 Å². The lowest BCUT2D eigenvalue weighted by Crippen LogP contribution is -2.42. The molecule has 9 heteroatoms. The van der Waals surface area contributed by atoms with Crippen LogP contribution in [-0.4, -0.2) is 49.5 Å². The van der Waals surface area contributed by atoms with Gasteiger partial charge >= 0.3 is 0 Å². The third kappa shape index (κ3) is 7.63. The second-order valence-corrected chi connectivity index (χ2v) is 7.12. The van der Waals surface area contributed by atoms with Gasteiger partial charge in [0.2, 0.25) is 17.7 Å². The number of hydrogen-bond donors (Lipinski definition) is 2. The van der Waals surface area contributed by atoms with Crippen molar-refractivity contribution in [1.29, 1.82) is 0 Å². The molecule has 2 rings (SSSR count). The van der Waals surface area contributed by atoms with E-state index in [2.05, 4.69) is 15.6 Å². The predicted molar refractivity (Wildman–Crippen MR) is 113 cm³/mol. The van der Waals surface area contributed by atoms with Gasteiger partial charge in [-0.3, -0.25) is 14.4 Å². The third-order valence-corrected chi connectivity index (χ3v) is 4.82. The zero-order chi connectivity index (χ0) is 21.1. The number of rotatable bonds is 11. The van der Waals surface area contributed by atoms with E-state index in [4.69, 9.17) is 4.74 Å². The summed E-state index contributed by atoms with van der Waals surface area (Å²) in [5, 5.41) is 7.61. The number of aromatic nitrogens is 1. The molecule has 0 spiro atoms. The monoisotopic (exact) mass is 418 g/mol. The van der Waals surface area contributed by atoms with Crippen LogP contribution in [0.4, 0.5) is 10.8 Å². The number of benzene rings is 1. The average Bonchev–Trinajstić information content (AvgIpc) is 3.23. The van der Waals surface area contributed by atoms with Crippen molar-refractivity contribution < 1.29 is 19.1 Å². The molecule has 1 aromatic heterocycles. The summed E-state index contributed by atoms with van der Waals surface area (Å²) in [6.45, 7) is 2.68. The van der Waals surface area contributed by atoms with Crippen LogP contribution in [0.5, 0.6) is 0 Å². The van der Waals surface area contributed by atoms with E-state index in [1.165, 1.54) is 16.2 Å². The highest BCUT2D eigenvalue weighted by atomic mass is 32.1. The Bertz CT molecular complexity index is 793. The van der Waals surface area contributed by atoms with Crippen molar-refractivity contribution in [3.8, 4) is 0 Å². The summed E-state index contributed by atoms with van der Waals surface area (Å²) in [6.07, 6.45) is 2.46. The van der Waals surface area contributed by atoms with Crippen LogP contribution in [0, 0.1) is 0 Å². The summed E-state index contributed by atoms with van der Waals surface area (Å²) < 4.78 is 4.92. The van der Waals surface area contributed by atoms with Gasteiger partial charge in [-0.15, -0.1) is 11.3 Å². The van der Waals surface area contributed by atoms with E-state index in [1.54, 1.807) is 18.7 Å². The van der Waals surface area contributed by atoms with Crippen molar-refractivity contribution in [3.63, 3.8) is 0 Å². The molecule has 2 aromatic rings. The molecule has 0 bridgehead atoms. The van der Waals surface area contributed by atoms with Crippen LogP contribution < -0.4 is 15.5 Å². The van der Waals surface area contributed by atoms with Crippen LogP contribution in [0.1, 0.15) is 25.3 Å². The van der Waals surface area contributed by atoms with Crippen molar-refractivity contribution in [2.24, 2.45) is 0 Å². The molecule has 0 radical (unpaired) electrons. The standard InChI is InChI=1S/C20H26N4O4S/c1-3-15-4-6-16(7-5-15)24(14-18(26)21-10-12-28-2)19(27)9-8-17(25)23-20-22-11-13-29-20/h4-7,11,13H,3,8-10,12,14H2,1-2H3,(H,21,26)(H,22,23,25). The summed E-state index contributed by atoms with van der Waals surface area (Å²) in [5.74, 6) is -0.883. The van der Waals surface area contributed by atoms with Gasteiger partial charge in [-0.1, -0.05) is 19.1 Å². The molecule has 0 atom stereocenters. The molecule has 1 aromatic carbocycles. The topological polar surface area (TPSA) is 101 Å². The zero-order valence-electron chi connectivity index (χ0n) is 16.6. The van der Waals surface area contributed by atoms with Crippen LogP contribution in [0.3, 0.4) is 0 Å². The van der Waals surface area contributed by atoms with Crippen molar-refractivity contribution in [1.82, 2.24) is 10.3 Å². The summed E-state index contributed by atoms with van der Waals surface area (Å²) in [7, 11) is 1.55. The van der Waals surface area contributed by atoms with E-state index in [0.717, 1.165) is 12.0 Å². The number of carbonyl (C=O) groups excluding carboxylic acids is 3. The van der Waals surface area contributed by atoms with Gasteiger partial charge < -0.3 is 20.3 Å². The number of methoxy groups -OCH3 is 1. The first kappa shape index (κ1) is 22.5. The van der Waals surface area contributed by atoms with Crippen LogP contribution in [0.25, 0.3) is 0 Å². The lowest BCUT2D eigenvalue weighted by Gasteiger charge is -2.22. The van der Waals surface area contributed by atoms with Gasteiger partial charge in [0.1, 0.15) is 6.54 Å². The lowest BCUT2D eigenvalue weighted by molar-refractivity contribution is -0.125. The van der Waals surface area contributed by atoms with Gasteiger partial charge in [-0.2, -0.15) is 0 Å². The van der Waals surface area contributed by atoms with E-state index >= 15 is 0 Å². The molecule has 0 saturated heterocycles. The Morgan fingerprint density at radius 2 is 1.90 bits per heavy atom. The van der Waals surface area contributed by atoms with Gasteiger partial charge in [0.05, 0.1) is 6.61 Å². The molecule has 0 saturated carbocycles.